The number of rotatable bonds is 17. The van der Waals surface area contributed by atoms with Crippen molar-refractivity contribution in [1.82, 2.24) is 14.3 Å². The molecule has 2 aromatic rings. The third-order valence-corrected chi connectivity index (χ3v) is 5.81. The molecule has 0 saturated heterocycles. The third kappa shape index (κ3) is 9.21. The van der Waals surface area contributed by atoms with Gasteiger partial charge in [-0.05, 0) is 63.6 Å². The molecule has 0 aliphatic carbocycles. The Balaban J connectivity index is 1.96. The predicted molar refractivity (Wildman–Crippen MR) is 135 cm³/mol. The van der Waals surface area contributed by atoms with Crippen LogP contribution in [0.4, 0.5) is 13.2 Å². The monoisotopic (exact) mass is 543 g/mol. The number of carboxylic acid groups (broad SMARTS) is 1. The Bertz CT molecular complexity index is 1170. The summed E-state index contributed by atoms with van der Waals surface area (Å²) in [7, 11) is 0. The molecule has 212 valence electrons. The van der Waals surface area contributed by atoms with Gasteiger partial charge >= 0.3 is 17.2 Å². The molecule has 2 rings (SSSR count). The van der Waals surface area contributed by atoms with Crippen molar-refractivity contribution in [2.24, 2.45) is 0 Å². The summed E-state index contributed by atoms with van der Waals surface area (Å²) in [6.45, 7) is 4.94. The molecule has 1 heterocycles. The number of hydrogen-bond donors (Lipinski definition) is 1. The second-order valence-corrected chi connectivity index (χ2v) is 9.47. The normalized spacial score (nSPS) is 12.5. The molecule has 1 atom stereocenters. The van der Waals surface area contributed by atoms with E-state index in [1.54, 1.807) is 18.2 Å². The summed E-state index contributed by atoms with van der Waals surface area (Å²) >= 11 is 0. The summed E-state index contributed by atoms with van der Waals surface area (Å²) in [5.74, 6) is -1.05. The van der Waals surface area contributed by atoms with Crippen LogP contribution in [0.1, 0.15) is 77.6 Å². The summed E-state index contributed by atoms with van der Waals surface area (Å²) < 4.78 is 51.8. The maximum absolute atomic E-state index is 14.5. The highest BCUT2D eigenvalue weighted by Gasteiger charge is 2.29. The van der Waals surface area contributed by atoms with Gasteiger partial charge in [0.2, 0.25) is 6.43 Å². The van der Waals surface area contributed by atoms with E-state index in [0.717, 1.165) is 23.0 Å². The summed E-state index contributed by atoms with van der Waals surface area (Å²) in [5, 5.41) is 12.9. The van der Waals surface area contributed by atoms with Crippen molar-refractivity contribution in [3.8, 4) is 11.6 Å². The quantitative estimate of drug-likeness (QED) is 0.287. The molecule has 1 aromatic carbocycles. The van der Waals surface area contributed by atoms with E-state index in [1.807, 2.05) is 13.0 Å². The molecule has 0 amide bonds. The molecule has 0 bridgehead atoms. The number of hydrogen-bond acceptors (Lipinski definition) is 6. The summed E-state index contributed by atoms with van der Waals surface area (Å²) in [6, 6.07) is 7.17. The largest absolute Gasteiger partial charge is 0.478 e. The van der Waals surface area contributed by atoms with Crippen molar-refractivity contribution in [2.75, 3.05) is 6.61 Å². The van der Waals surface area contributed by atoms with E-state index in [4.69, 9.17) is 9.47 Å². The lowest BCUT2D eigenvalue weighted by Gasteiger charge is -2.21. The second kappa shape index (κ2) is 14.6. The molecule has 1 N–H and O–H groups in total. The van der Waals surface area contributed by atoms with Crippen LogP contribution in [-0.2, 0) is 17.8 Å². The zero-order valence-electron chi connectivity index (χ0n) is 22.0. The summed E-state index contributed by atoms with van der Waals surface area (Å²) in [5.41, 5.74) is -2.15. The lowest BCUT2D eigenvalue weighted by atomic mass is 10.1. The van der Waals surface area contributed by atoms with Crippen molar-refractivity contribution in [1.29, 1.82) is 0 Å². The number of unbranched alkanes of at least 4 members (excludes halogenated alkanes) is 3. The van der Waals surface area contributed by atoms with Crippen molar-refractivity contribution in [3.63, 3.8) is 0 Å². The summed E-state index contributed by atoms with van der Waals surface area (Å²) in [6.07, 6.45) is -2.29. The average Bonchev–Trinajstić information content (AvgIpc) is 2.85. The van der Waals surface area contributed by atoms with E-state index in [9.17, 15) is 32.7 Å². The molecular formula is C26H36F3N3O6. The lowest BCUT2D eigenvalue weighted by molar-refractivity contribution is -0.152. The van der Waals surface area contributed by atoms with E-state index in [2.05, 4.69) is 5.10 Å². The number of aliphatic carboxylic acids is 1. The number of alkyl halides is 3. The fourth-order valence-electron chi connectivity index (χ4n) is 3.56. The molecule has 0 aliphatic heterocycles. The standard InChI is InChI=1S/C26H36F3N3O6/c1-4-5-15-31-23(33)22(30-32(25(31)36)21(29)14-13-20(27)28)37-16-8-6-7-10-18-11-9-12-19(17-18)38-26(2,3)24(34)35/h9,11-12,17,20-21H,4-8,10,13-16H2,1-3H3,(H,34,35). The van der Waals surface area contributed by atoms with Crippen LogP contribution in [0.5, 0.6) is 11.6 Å². The van der Waals surface area contributed by atoms with Gasteiger partial charge < -0.3 is 14.6 Å². The van der Waals surface area contributed by atoms with E-state index in [-0.39, 0.29) is 13.2 Å². The van der Waals surface area contributed by atoms with E-state index < -0.39 is 54.3 Å². The van der Waals surface area contributed by atoms with Gasteiger partial charge in [-0.2, -0.15) is 4.68 Å². The minimum absolute atomic E-state index is 0.0427. The lowest BCUT2D eigenvalue weighted by Crippen LogP contribution is -2.43. The first-order valence-electron chi connectivity index (χ1n) is 12.8. The zero-order valence-corrected chi connectivity index (χ0v) is 22.0. The van der Waals surface area contributed by atoms with Crippen molar-refractivity contribution < 1.29 is 32.5 Å². The van der Waals surface area contributed by atoms with Crippen molar-refractivity contribution >= 4 is 5.97 Å². The maximum atomic E-state index is 14.5. The van der Waals surface area contributed by atoms with Gasteiger partial charge in [0.25, 0.3) is 5.88 Å². The Morgan fingerprint density at radius 1 is 1.11 bits per heavy atom. The van der Waals surface area contributed by atoms with Crippen LogP contribution in [-0.4, -0.2) is 44.1 Å². The van der Waals surface area contributed by atoms with Crippen LogP contribution >= 0.6 is 0 Å². The second-order valence-electron chi connectivity index (χ2n) is 9.47. The molecular weight excluding hydrogens is 507 g/mol. The molecule has 0 radical (unpaired) electrons. The maximum Gasteiger partial charge on any atom is 0.350 e. The van der Waals surface area contributed by atoms with Gasteiger partial charge in [-0.3, -0.25) is 9.36 Å². The van der Waals surface area contributed by atoms with Crippen LogP contribution in [0.3, 0.4) is 0 Å². The molecule has 0 aliphatic rings. The van der Waals surface area contributed by atoms with E-state index in [1.165, 1.54) is 13.8 Å². The van der Waals surface area contributed by atoms with Crippen molar-refractivity contribution in [2.45, 2.75) is 97.0 Å². The number of aromatic nitrogens is 3. The topological polar surface area (TPSA) is 113 Å². The highest BCUT2D eigenvalue weighted by molar-refractivity contribution is 5.76. The molecule has 0 fully saturated rings. The number of halogens is 3. The van der Waals surface area contributed by atoms with Gasteiger partial charge in [0.15, 0.2) is 11.9 Å². The number of nitrogens with zero attached hydrogens (tertiary/aromatic N) is 3. The fraction of sp³-hybridized carbons (Fsp3) is 0.615. The number of carboxylic acids is 1. The van der Waals surface area contributed by atoms with E-state index in [0.29, 0.717) is 36.1 Å². The van der Waals surface area contributed by atoms with Gasteiger partial charge in [0, 0.05) is 19.4 Å². The smallest absolute Gasteiger partial charge is 0.350 e. The molecule has 38 heavy (non-hydrogen) atoms. The average molecular weight is 544 g/mol. The first kappa shape index (κ1) is 30.9. The van der Waals surface area contributed by atoms with Crippen LogP contribution in [0.2, 0.25) is 0 Å². The highest BCUT2D eigenvalue weighted by Crippen LogP contribution is 2.21. The fourth-order valence-corrected chi connectivity index (χ4v) is 3.56. The predicted octanol–water partition coefficient (Wildman–Crippen LogP) is 4.75. The van der Waals surface area contributed by atoms with Gasteiger partial charge in [-0.15, -0.1) is 5.10 Å². The van der Waals surface area contributed by atoms with Gasteiger partial charge in [-0.1, -0.05) is 25.5 Å². The third-order valence-electron chi connectivity index (χ3n) is 5.81. The first-order valence-corrected chi connectivity index (χ1v) is 12.8. The summed E-state index contributed by atoms with van der Waals surface area (Å²) in [4.78, 5) is 36.5. The molecule has 12 heteroatoms. The molecule has 1 aromatic heterocycles. The number of ether oxygens (including phenoxy) is 2. The van der Waals surface area contributed by atoms with Gasteiger partial charge in [0.05, 0.1) is 6.61 Å². The number of benzene rings is 1. The van der Waals surface area contributed by atoms with Gasteiger partial charge in [-0.25, -0.2) is 22.8 Å². The van der Waals surface area contributed by atoms with Crippen LogP contribution in [0.25, 0.3) is 0 Å². The molecule has 1 unspecified atom stereocenters. The first-order chi connectivity index (χ1) is 18.0. The van der Waals surface area contributed by atoms with Crippen LogP contribution < -0.4 is 20.7 Å². The van der Waals surface area contributed by atoms with E-state index >= 15 is 0 Å². The minimum atomic E-state index is -2.72. The number of aryl methyl sites for hydroxylation is 1. The Morgan fingerprint density at radius 2 is 1.84 bits per heavy atom. The Morgan fingerprint density at radius 3 is 2.50 bits per heavy atom. The highest BCUT2D eigenvalue weighted by atomic mass is 19.3. The Labute approximate surface area is 219 Å². The number of carbonyl (C=O) groups is 1. The SMILES string of the molecule is CCCCn1c(=O)c(OCCCCCc2cccc(OC(C)(C)C(=O)O)c2)nn(C(F)CCC(F)F)c1=O. The minimum Gasteiger partial charge on any atom is -0.478 e. The van der Waals surface area contributed by atoms with Crippen LogP contribution in [0, 0.1) is 0 Å². The van der Waals surface area contributed by atoms with Gasteiger partial charge in [0.1, 0.15) is 5.75 Å². The zero-order chi connectivity index (χ0) is 28.3. The van der Waals surface area contributed by atoms with Crippen molar-refractivity contribution in [3.05, 3.63) is 50.7 Å². The molecule has 9 nitrogen and oxygen atoms in total. The van der Waals surface area contributed by atoms with Crippen LogP contribution in [0.15, 0.2) is 33.9 Å². The molecule has 0 saturated carbocycles. The molecule has 0 spiro atoms. The Hall–Kier alpha value is -3.31. The Kier molecular flexibility index (Phi) is 11.9.